The molecule has 6 nitrogen and oxygen atoms in total. The van der Waals surface area contributed by atoms with Crippen LogP contribution in [0.3, 0.4) is 0 Å². The number of benzene rings is 2. The van der Waals surface area contributed by atoms with E-state index in [2.05, 4.69) is 56.8 Å². The number of pyridine rings is 1. The van der Waals surface area contributed by atoms with Crippen LogP contribution in [0.2, 0.25) is 0 Å². The lowest BCUT2D eigenvalue weighted by Crippen LogP contribution is -2.47. The molecule has 2 bridgehead atoms. The first kappa shape index (κ1) is 23.5. The van der Waals surface area contributed by atoms with E-state index < -0.39 is 0 Å². The Morgan fingerprint density at radius 1 is 0.861 bits per heavy atom. The third-order valence-corrected chi connectivity index (χ3v) is 8.05. The topological polar surface area (TPSA) is 46.9 Å². The van der Waals surface area contributed by atoms with E-state index in [0.717, 1.165) is 75.9 Å². The molecule has 6 heteroatoms. The number of ether oxygens (including phenoxy) is 2. The van der Waals surface area contributed by atoms with Crippen molar-refractivity contribution < 1.29 is 9.47 Å². The van der Waals surface area contributed by atoms with Crippen LogP contribution in [0.1, 0.15) is 29.2 Å². The van der Waals surface area contributed by atoms with Crippen molar-refractivity contribution >= 4 is 0 Å². The number of hydrogen-bond acceptors (Lipinski definition) is 5. The molecule has 2 unspecified atom stereocenters. The van der Waals surface area contributed by atoms with Crippen LogP contribution in [0.15, 0.2) is 65.5 Å². The van der Waals surface area contributed by atoms with Gasteiger partial charge in [0.1, 0.15) is 5.75 Å². The molecule has 3 aliphatic rings. The summed E-state index contributed by atoms with van der Waals surface area (Å²) in [5, 5.41) is 0. The number of rotatable bonds is 6. The Kier molecular flexibility index (Phi) is 6.65. The van der Waals surface area contributed by atoms with Gasteiger partial charge in [0.25, 0.3) is 5.56 Å². The van der Waals surface area contributed by atoms with E-state index in [0.29, 0.717) is 11.8 Å². The predicted octanol–water partition coefficient (Wildman–Crippen LogP) is 3.98. The van der Waals surface area contributed by atoms with Crippen molar-refractivity contribution in [2.75, 3.05) is 46.5 Å². The Balaban J connectivity index is 1.24. The summed E-state index contributed by atoms with van der Waals surface area (Å²) in [6.45, 7) is 8.07. The van der Waals surface area contributed by atoms with Crippen molar-refractivity contribution in [1.29, 1.82) is 0 Å². The second-order valence-corrected chi connectivity index (χ2v) is 10.5. The summed E-state index contributed by atoms with van der Waals surface area (Å²) in [5.41, 5.74) is 5.79. The van der Waals surface area contributed by atoms with E-state index >= 15 is 0 Å². The van der Waals surface area contributed by atoms with Crippen LogP contribution in [0.25, 0.3) is 11.1 Å². The average molecular weight is 486 g/mol. The minimum Gasteiger partial charge on any atom is -0.497 e. The van der Waals surface area contributed by atoms with Crippen molar-refractivity contribution in [1.82, 2.24) is 14.4 Å². The van der Waals surface area contributed by atoms with E-state index in [1.54, 1.807) is 7.11 Å². The second kappa shape index (κ2) is 10.2. The zero-order chi connectivity index (χ0) is 24.5. The molecule has 2 aromatic carbocycles. The summed E-state index contributed by atoms with van der Waals surface area (Å²) in [7, 11) is 1.70. The molecule has 188 valence electrons. The maximum atomic E-state index is 13.8. The van der Waals surface area contributed by atoms with Gasteiger partial charge in [-0.1, -0.05) is 36.4 Å². The van der Waals surface area contributed by atoms with Gasteiger partial charge in [-0.25, -0.2) is 0 Å². The van der Waals surface area contributed by atoms with Crippen LogP contribution in [-0.4, -0.2) is 60.9 Å². The predicted molar refractivity (Wildman–Crippen MR) is 141 cm³/mol. The number of hydrogen-bond donors (Lipinski definition) is 0. The fourth-order valence-corrected chi connectivity index (χ4v) is 6.29. The number of morpholine rings is 1. The number of aromatic nitrogens is 1. The Morgan fingerprint density at radius 3 is 2.47 bits per heavy atom. The maximum absolute atomic E-state index is 13.8. The molecule has 6 rings (SSSR count). The van der Waals surface area contributed by atoms with Crippen LogP contribution >= 0.6 is 0 Å². The van der Waals surface area contributed by atoms with E-state index in [9.17, 15) is 4.79 Å². The normalized spacial score (nSPS) is 22.2. The lowest BCUT2D eigenvalue weighted by atomic mass is 9.82. The summed E-state index contributed by atoms with van der Waals surface area (Å²) < 4.78 is 12.9. The first-order valence-electron chi connectivity index (χ1n) is 13.2. The van der Waals surface area contributed by atoms with Gasteiger partial charge in [-0.15, -0.1) is 0 Å². The van der Waals surface area contributed by atoms with Crippen LogP contribution in [0, 0.1) is 5.92 Å². The third kappa shape index (κ3) is 4.73. The van der Waals surface area contributed by atoms with E-state index in [4.69, 9.17) is 9.47 Å². The molecule has 0 radical (unpaired) electrons. The molecule has 2 atom stereocenters. The lowest BCUT2D eigenvalue weighted by Gasteiger charge is -2.43. The molecule has 4 heterocycles. The molecule has 1 aromatic heterocycles. The molecule has 0 spiro atoms. The fraction of sp³-hybridized carbons (Fsp3) is 0.433. The Bertz CT molecular complexity index is 1260. The van der Waals surface area contributed by atoms with Crippen molar-refractivity contribution in [3.05, 3.63) is 87.8 Å². The van der Waals surface area contributed by atoms with Crippen LogP contribution in [-0.2, 0) is 24.4 Å². The van der Waals surface area contributed by atoms with Crippen molar-refractivity contribution in [2.24, 2.45) is 5.92 Å². The zero-order valence-corrected chi connectivity index (χ0v) is 21.1. The van der Waals surface area contributed by atoms with E-state index in [-0.39, 0.29) is 5.56 Å². The number of nitrogens with zero attached hydrogens (tertiary/aromatic N) is 3. The van der Waals surface area contributed by atoms with Gasteiger partial charge in [0.15, 0.2) is 0 Å². The maximum Gasteiger partial charge on any atom is 0.258 e. The number of methoxy groups -OCH3 is 1. The Labute approximate surface area is 213 Å². The molecule has 0 aliphatic carbocycles. The number of fused-ring (bicyclic) bond motifs is 4. The molecular weight excluding hydrogens is 450 g/mol. The van der Waals surface area contributed by atoms with Gasteiger partial charge in [-0.3, -0.25) is 14.6 Å². The largest absolute Gasteiger partial charge is 0.497 e. The molecule has 2 saturated heterocycles. The lowest BCUT2D eigenvalue weighted by molar-refractivity contribution is 0.0342. The monoisotopic (exact) mass is 485 g/mol. The molecule has 0 amide bonds. The highest BCUT2D eigenvalue weighted by Gasteiger charge is 2.35. The van der Waals surface area contributed by atoms with Crippen LogP contribution < -0.4 is 10.3 Å². The minimum atomic E-state index is 0.167. The van der Waals surface area contributed by atoms with Gasteiger partial charge in [0, 0.05) is 63.0 Å². The summed E-state index contributed by atoms with van der Waals surface area (Å²) in [4.78, 5) is 18.8. The van der Waals surface area contributed by atoms with Gasteiger partial charge in [-0.05, 0) is 53.3 Å². The second-order valence-electron chi connectivity index (χ2n) is 10.5. The highest BCUT2D eigenvalue weighted by Crippen LogP contribution is 2.36. The zero-order valence-electron chi connectivity index (χ0n) is 21.1. The van der Waals surface area contributed by atoms with Gasteiger partial charge in [0.2, 0.25) is 0 Å². The summed E-state index contributed by atoms with van der Waals surface area (Å²) >= 11 is 0. The number of likely N-dealkylation sites (tertiary alicyclic amines) is 1. The van der Waals surface area contributed by atoms with Crippen molar-refractivity contribution in [3.8, 4) is 16.9 Å². The van der Waals surface area contributed by atoms with Gasteiger partial charge >= 0.3 is 0 Å². The average Bonchev–Trinajstić information content (AvgIpc) is 2.91. The fourth-order valence-electron chi connectivity index (χ4n) is 6.29. The molecule has 0 N–H and O–H groups in total. The standard InChI is InChI=1S/C30H35N3O3/c1-35-26-8-6-22(7-9-26)17-32-18-23-16-25(21-32)29-11-10-28(30(34)33(29)19-23)27-5-3-2-4-24(27)20-31-12-14-36-15-13-31/h2-11,23,25H,12-21H2,1H3. The Morgan fingerprint density at radius 2 is 1.67 bits per heavy atom. The minimum absolute atomic E-state index is 0.167. The molecular formula is C30H35N3O3. The Hall–Kier alpha value is -2.93. The van der Waals surface area contributed by atoms with Crippen LogP contribution in [0.4, 0.5) is 0 Å². The highest BCUT2D eigenvalue weighted by atomic mass is 16.5. The summed E-state index contributed by atoms with van der Waals surface area (Å²) in [6, 6.07) is 21.1. The van der Waals surface area contributed by atoms with Crippen LogP contribution in [0.5, 0.6) is 5.75 Å². The van der Waals surface area contributed by atoms with Crippen molar-refractivity contribution in [3.63, 3.8) is 0 Å². The van der Waals surface area contributed by atoms with Gasteiger partial charge < -0.3 is 14.0 Å². The van der Waals surface area contributed by atoms with Crippen molar-refractivity contribution in [2.45, 2.75) is 32.0 Å². The molecule has 3 aromatic rings. The smallest absolute Gasteiger partial charge is 0.258 e. The molecule has 2 fully saturated rings. The highest BCUT2D eigenvalue weighted by molar-refractivity contribution is 5.66. The first-order chi connectivity index (χ1) is 17.7. The summed E-state index contributed by atoms with van der Waals surface area (Å²) in [6.07, 6.45) is 1.17. The first-order valence-corrected chi connectivity index (χ1v) is 13.2. The third-order valence-electron chi connectivity index (χ3n) is 8.05. The van der Waals surface area contributed by atoms with Gasteiger partial charge in [0.05, 0.1) is 20.3 Å². The van der Waals surface area contributed by atoms with E-state index in [1.807, 2.05) is 18.2 Å². The SMILES string of the molecule is COc1ccc(CN2CC3CC(C2)c2ccc(-c4ccccc4CN4CCOCC4)c(=O)n2C3)cc1. The molecule has 3 aliphatic heterocycles. The van der Waals surface area contributed by atoms with Gasteiger partial charge in [-0.2, -0.15) is 0 Å². The summed E-state index contributed by atoms with van der Waals surface area (Å²) in [5.74, 6) is 1.80. The molecule has 36 heavy (non-hydrogen) atoms. The number of piperidine rings is 1. The molecule has 0 saturated carbocycles. The quantitative estimate of drug-likeness (QED) is 0.529. The van der Waals surface area contributed by atoms with E-state index in [1.165, 1.54) is 23.2 Å².